The smallest absolute Gasteiger partial charge is 0.180 e. The quantitative estimate of drug-likeness (QED) is 0.386. The van der Waals surface area contributed by atoms with Crippen molar-refractivity contribution in [1.82, 2.24) is 0 Å². The predicted molar refractivity (Wildman–Crippen MR) is 142 cm³/mol. The Labute approximate surface area is 215 Å². The van der Waals surface area contributed by atoms with Crippen LogP contribution in [0.15, 0.2) is 78.9 Å². The third-order valence-electron chi connectivity index (χ3n) is 7.95. The molecular formula is C31H26ClNO3. The van der Waals surface area contributed by atoms with E-state index in [9.17, 15) is 14.4 Å². The molecule has 1 spiro atoms. The monoisotopic (exact) mass is 495 g/mol. The molecule has 3 atom stereocenters. The first kappa shape index (κ1) is 22.9. The van der Waals surface area contributed by atoms with Gasteiger partial charge in [0.25, 0.3) is 0 Å². The Morgan fingerprint density at radius 1 is 0.861 bits per heavy atom. The number of hydrogen-bond donors (Lipinski definition) is 0. The fourth-order valence-electron chi connectivity index (χ4n) is 6.40. The molecule has 0 saturated carbocycles. The van der Waals surface area contributed by atoms with Crippen molar-refractivity contribution >= 4 is 40.7 Å². The lowest BCUT2D eigenvalue weighted by molar-refractivity contribution is -0.127. The second-order valence-electron chi connectivity index (χ2n) is 10.9. The van der Waals surface area contributed by atoms with Crippen molar-refractivity contribution in [2.75, 3.05) is 4.90 Å². The highest BCUT2D eigenvalue weighted by Gasteiger charge is 2.71. The summed E-state index contributed by atoms with van der Waals surface area (Å²) < 4.78 is 0. The van der Waals surface area contributed by atoms with Crippen LogP contribution in [-0.2, 0) is 4.79 Å². The van der Waals surface area contributed by atoms with Gasteiger partial charge in [0.1, 0.15) is 5.41 Å². The molecule has 0 unspecified atom stereocenters. The fourth-order valence-corrected chi connectivity index (χ4v) is 6.53. The van der Waals surface area contributed by atoms with Gasteiger partial charge in [0.15, 0.2) is 17.3 Å². The number of fused-ring (bicyclic) bond motifs is 5. The number of para-hydroxylation sites is 1. The summed E-state index contributed by atoms with van der Waals surface area (Å²) >= 11 is 6.24. The van der Waals surface area contributed by atoms with E-state index in [1.54, 1.807) is 36.4 Å². The molecule has 0 N–H and O–H groups in total. The maximum absolute atomic E-state index is 14.4. The van der Waals surface area contributed by atoms with E-state index < -0.39 is 28.8 Å². The molecule has 1 saturated heterocycles. The molecule has 1 aliphatic carbocycles. The first-order chi connectivity index (χ1) is 17.2. The number of ketones is 3. The maximum Gasteiger partial charge on any atom is 0.180 e. The molecule has 0 aromatic heterocycles. The summed E-state index contributed by atoms with van der Waals surface area (Å²) in [5, 5.41) is 0.555. The van der Waals surface area contributed by atoms with Crippen molar-refractivity contribution < 1.29 is 14.4 Å². The molecule has 3 aliphatic rings. The van der Waals surface area contributed by atoms with Gasteiger partial charge in [0.05, 0.1) is 12.1 Å². The minimum Gasteiger partial charge on any atom is -0.352 e. The molecule has 3 aromatic carbocycles. The molecule has 3 aromatic rings. The summed E-state index contributed by atoms with van der Waals surface area (Å²) in [6.07, 6.45) is 3.92. The Balaban J connectivity index is 1.70. The van der Waals surface area contributed by atoms with Crippen LogP contribution in [0.1, 0.15) is 58.5 Å². The molecule has 4 nitrogen and oxygen atoms in total. The average molecular weight is 496 g/mol. The van der Waals surface area contributed by atoms with Crippen LogP contribution < -0.4 is 4.90 Å². The number of carbonyl (C=O) groups excluding carboxylic acids is 3. The number of rotatable bonds is 2. The van der Waals surface area contributed by atoms with Crippen molar-refractivity contribution in [2.45, 2.75) is 38.8 Å². The number of nitrogens with zero attached hydrogens (tertiary/aromatic N) is 1. The van der Waals surface area contributed by atoms with Crippen molar-refractivity contribution in [3.05, 3.63) is 106 Å². The lowest BCUT2D eigenvalue weighted by atomic mass is 9.63. The van der Waals surface area contributed by atoms with E-state index >= 15 is 0 Å². The maximum atomic E-state index is 14.4. The summed E-state index contributed by atoms with van der Waals surface area (Å²) in [5.41, 5.74) is 1.28. The van der Waals surface area contributed by atoms with Gasteiger partial charge < -0.3 is 4.90 Å². The molecule has 180 valence electrons. The van der Waals surface area contributed by atoms with E-state index in [4.69, 9.17) is 11.6 Å². The molecule has 6 rings (SSSR count). The van der Waals surface area contributed by atoms with Crippen molar-refractivity contribution in [3.63, 3.8) is 0 Å². The number of carbonyl (C=O) groups is 3. The Morgan fingerprint density at radius 3 is 2.06 bits per heavy atom. The first-order valence-electron chi connectivity index (χ1n) is 12.2. The van der Waals surface area contributed by atoms with Gasteiger partial charge in [-0.2, -0.15) is 0 Å². The Morgan fingerprint density at radius 2 is 1.44 bits per heavy atom. The lowest BCUT2D eigenvalue weighted by Gasteiger charge is -2.38. The highest BCUT2D eigenvalue weighted by molar-refractivity contribution is 6.32. The lowest BCUT2D eigenvalue weighted by Crippen LogP contribution is -2.49. The molecule has 1 fully saturated rings. The molecule has 0 amide bonds. The predicted octanol–water partition coefficient (Wildman–Crippen LogP) is 6.39. The summed E-state index contributed by atoms with van der Waals surface area (Å²) in [5.74, 6) is -1.13. The van der Waals surface area contributed by atoms with Crippen molar-refractivity contribution in [2.24, 2.45) is 10.8 Å². The van der Waals surface area contributed by atoms with Crippen LogP contribution in [0.25, 0.3) is 6.08 Å². The number of Topliss-reactive ketones (excluding diaryl/α,β-unsaturated/α-hetero) is 3. The van der Waals surface area contributed by atoms with Crippen molar-refractivity contribution in [3.8, 4) is 0 Å². The molecule has 2 aliphatic heterocycles. The van der Waals surface area contributed by atoms with Crippen LogP contribution >= 0.6 is 11.6 Å². The van der Waals surface area contributed by atoms with Crippen LogP contribution in [-0.4, -0.2) is 29.4 Å². The van der Waals surface area contributed by atoms with E-state index in [0.29, 0.717) is 16.1 Å². The normalized spacial score (nSPS) is 23.6. The van der Waals surface area contributed by atoms with Crippen LogP contribution in [0.5, 0.6) is 0 Å². The van der Waals surface area contributed by atoms with Crippen LogP contribution in [0.3, 0.4) is 0 Å². The molecule has 5 heteroatoms. The summed E-state index contributed by atoms with van der Waals surface area (Å²) in [7, 11) is 0. The number of halogens is 1. The summed E-state index contributed by atoms with van der Waals surface area (Å²) in [4.78, 5) is 45.2. The Kier molecular flexibility index (Phi) is 4.94. The number of anilines is 1. The van der Waals surface area contributed by atoms with Gasteiger partial charge in [0.2, 0.25) is 0 Å². The third-order valence-corrected chi connectivity index (χ3v) is 8.20. The summed E-state index contributed by atoms with van der Waals surface area (Å²) in [6, 6.07) is 20.8. The standard InChI is InChI=1S/C31H26ClNO3/c1-30(2,3)29(36)26-25(19-12-15-20(32)16-13-19)31(27(34)21-9-5-6-10-22(21)28(31)35)24-17-14-18-8-4-7-11-23(18)33(24)26/h4-17,24-26H,1-3H3/t24-,25+,26+/m1/s1. The van der Waals surface area contributed by atoms with Crippen LogP contribution in [0, 0.1) is 10.8 Å². The van der Waals surface area contributed by atoms with E-state index in [0.717, 1.165) is 16.8 Å². The minimum absolute atomic E-state index is 0.00835. The van der Waals surface area contributed by atoms with E-state index in [-0.39, 0.29) is 17.3 Å². The zero-order chi connectivity index (χ0) is 25.4. The Bertz CT molecular complexity index is 1430. The largest absolute Gasteiger partial charge is 0.352 e. The van der Waals surface area contributed by atoms with Gasteiger partial charge in [-0.1, -0.05) is 99.1 Å². The average Bonchev–Trinajstić information content (AvgIpc) is 3.30. The Hall–Kier alpha value is -3.50. The molecule has 36 heavy (non-hydrogen) atoms. The first-order valence-corrected chi connectivity index (χ1v) is 12.6. The van der Waals surface area contributed by atoms with E-state index in [1.165, 1.54) is 0 Å². The molecule has 2 heterocycles. The van der Waals surface area contributed by atoms with Gasteiger partial charge in [-0.15, -0.1) is 0 Å². The van der Waals surface area contributed by atoms with E-state index in [2.05, 4.69) is 0 Å². The minimum atomic E-state index is -1.47. The zero-order valence-electron chi connectivity index (χ0n) is 20.4. The fraction of sp³-hybridized carbons (Fsp3) is 0.258. The van der Waals surface area contributed by atoms with Gasteiger partial charge in [0, 0.05) is 33.2 Å². The molecule has 0 radical (unpaired) electrons. The SMILES string of the molecule is CC(C)(C)C(=O)[C@@H]1[C@H](c2ccc(Cl)cc2)C2(C(=O)c3ccccc3C2=O)[C@H]2C=Cc3ccccc3N12. The van der Waals surface area contributed by atoms with E-state index in [1.807, 2.05) is 74.2 Å². The van der Waals surface area contributed by atoms with Gasteiger partial charge in [-0.25, -0.2) is 0 Å². The topological polar surface area (TPSA) is 54.5 Å². The number of benzene rings is 3. The highest BCUT2D eigenvalue weighted by Crippen LogP contribution is 2.61. The number of hydrogen-bond acceptors (Lipinski definition) is 4. The molecule has 0 bridgehead atoms. The van der Waals surface area contributed by atoms with Gasteiger partial charge in [-0.3, -0.25) is 14.4 Å². The van der Waals surface area contributed by atoms with Crippen LogP contribution in [0.4, 0.5) is 5.69 Å². The van der Waals surface area contributed by atoms with Crippen LogP contribution in [0.2, 0.25) is 5.02 Å². The third kappa shape index (κ3) is 2.91. The second kappa shape index (κ2) is 7.75. The zero-order valence-corrected chi connectivity index (χ0v) is 21.1. The second-order valence-corrected chi connectivity index (χ2v) is 11.4. The summed E-state index contributed by atoms with van der Waals surface area (Å²) in [6.45, 7) is 5.69. The van der Waals surface area contributed by atoms with Gasteiger partial charge in [-0.05, 0) is 29.3 Å². The molecular weight excluding hydrogens is 470 g/mol. The van der Waals surface area contributed by atoms with Gasteiger partial charge >= 0.3 is 0 Å². The highest BCUT2D eigenvalue weighted by atomic mass is 35.5. The van der Waals surface area contributed by atoms with Crippen molar-refractivity contribution in [1.29, 1.82) is 0 Å².